The molecule has 13 heavy (non-hydrogen) atoms. The summed E-state index contributed by atoms with van der Waals surface area (Å²) in [5.41, 5.74) is 0.898. The highest BCUT2D eigenvalue weighted by Gasteiger charge is 2.22. The number of epoxide rings is 1. The molecule has 1 unspecified atom stereocenters. The Balaban J connectivity index is 1.88. The molecule has 70 valence electrons. The lowest BCUT2D eigenvalue weighted by atomic mass is 10.2. The van der Waals surface area contributed by atoms with Crippen molar-refractivity contribution in [2.45, 2.75) is 12.7 Å². The Kier molecular flexibility index (Phi) is 2.47. The van der Waals surface area contributed by atoms with Crippen molar-refractivity contribution in [2.75, 3.05) is 13.2 Å². The molecule has 1 aromatic carbocycles. The maximum absolute atomic E-state index is 8.80. The molecule has 1 saturated heterocycles. The van der Waals surface area contributed by atoms with E-state index in [2.05, 4.69) is 0 Å². The number of aliphatic hydroxyl groups excluding tert-OH is 1. The average Bonchev–Trinajstić information content (AvgIpc) is 2.99. The highest BCUT2D eigenvalue weighted by molar-refractivity contribution is 5.26. The second-order valence-electron chi connectivity index (χ2n) is 3.07. The van der Waals surface area contributed by atoms with Crippen LogP contribution >= 0.6 is 0 Å². The number of hydrogen-bond donors (Lipinski definition) is 1. The molecular formula is C10H12O3. The minimum Gasteiger partial charge on any atom is -0.491 e. The first-order valence-electron chi connectivity index (χ1n) is 4.32. The van der Waals surface area contributed by atoms with E-state index in [1.165, 1.54) is 0 Å². The van der Waals surface area contributed by atoms with Gasteiger partial charge in [0.1, 0.15) is 18.5 Å². The third kappa shape index (κ3) is 2.44. The molecule has 0 saturated carbocycles. The second-order valence-corrected chi connectivity index (χ2v) is 3.07. The lowest BCUT2D eigenvalue weighted by Gasteiger charge is -2.03. The van der Waals surface area contributed by atoms with E-state index < -0.39 is 0 Å². The third-order valence-corrected chi connectivity index (χ3v) is 1.94. The summed E-state index contributed by atoms with van der Waals surface area (Å²) >= 11 is 0. The minimum absolute atomic E-state index is 0.0754. The summed E-state index contributed by atoms with van der Waals surface area (Å²) in [4.78, 5) is 0. The molecule has 1 atom stereocenters. The number of hydrogen-bond acceptors (Lipinski definition) is 3. The molecule has 1 aromatic rings. The van der Waals surface area contributed by atoms with Crippen LogP contribution < -0.4 is 4.74 Å². The Morgan fingerprint density at radius 3 is 2.62 bits per heavy atom. The van der Waals surface area contributed by atoms with Crippen LogP contribution in [-0.4, -0.2) is 24.4 Å². The van der Waals surface area contributed by atoms with E-state index in [-0.39, 0.29) is 12.7 Å². The van der Waals surface area contributed by atoms with E-state index in [4.69, 9.17) is 14.6 Å². The molecule has 2 rings (SSSR count). The van der Waals surface area contributed by atoms with Gasteiger partial charge < -0.3 is 14.6 Å². The molecule has 0 amide bonds. The van der Waals surface area contributed by atoms with Crippen molar-refractivity contribution < 1.29 is 14.6 Å². The predicted molar refractivity (Wildman–Crippen MR) is 47.6 cm³/mol. The number of ether oxygens (including phenoxy) is 2. The van der Waals surface area contributed by atoms with E-state index in [0.717, 1.165) is 17.9 Å². The zero-order valence-corrected chi connectivity index (χ0v) is 7.27. The van der Waals surface area contributed by atoms with Gasteiger partial charge in [-0.3, -0.25) is 0 Å². The summed E-state index contributed by atoms with van der Waals surface area (Å²) in [7, 11) is 0. The maximum atomic E-state index is 8.80. The molecule has 0 aliphatic carbocycles. The van der Waals surface area contributed by atoms with Gasteiger partial charge in [-0.15, -0.1) is 0 Å². The van der Waals surface area contributed by atoms with E-state index in [1.54, 1.807) is 0 Å². The molecule has 0 radical (unpaired) electrons. The zero-order valence-electron chi connectivity index (χ0n) is 7.27. The lowest BCUT2D eigenvalue weighted by Crippen LogP contribution is -2.03. The number of rotatable bonds is 4. The Morgan fingerprint density at radius 1 is 1.38 bits per heavy atom. The van der Waals surface area contributed by atoms with E-state index >= 15 is 0 Å². The summed E-state index contributed by atoms with van der Waals surface area (Å²) in [6.07, 6.45) is 0.289. The van der Waals surface area contributed by atoms with E-state index in [9.17, 15) is 0 Å². The highest BCUT2D eigenvalue weighted by Crippen LogP contribution is 2.15. The molecule has 1 fully saturated rings. The molecule has 1 heterocycles. The largest absolute Gasteiger partial charge is 0.491 e. The summed E-state index contributed by atoms with van der Waals surface area (Å²) in [6.45, 7) is 1.51. The molecule has 0 bridgehead atoms. The van der Waals surface area contributed by atoms with Gasteiger partial charge in [-0.05, 0) is 17.7 Å². The van der Waals surface area contributed by atoms with Gasteiger partial charge in [-0.2, -0.15) is 0 Å². The van der Waals surface area contributed by atoms with Crippen LogP contribution in [-0.2, 0) is 11.3 Å². The van der Waals surface area contributed by atoms with Gasteiger partial charge in [-0.25, -0.2) is 0 Å². The molecular weight excluding hydrogens is 168 g/mol. The van der Waals surface area contributed by atoms with E-state index in [0.29, 0.717) is 6.61 Å². The van der Waals surface area contributed by atoms with Gasteiger partial charge in [0.05, 0.1) is 13.2 Å². The van der Waals surface area contributed by atoms with Crippen LogP contribution in [0.25, 0.3) is 0 Å². The maximum Gasteiger partial charge on any atom is 0.119 e. The van der Waals surface area contributed by atoms with Crippen molar-refractivity contribution in [2.24, 2.45) is 0 Å². The number of benzene rings is 1. The van der Waals surface area contributed by atoms with Gasteiger partial charge >= 0.3 is 0 Å². The molecule has 1 aliphatic heterocycles. The summed E-state index contributed by atoms with van der Waals surface area (Å²) < 4.78 is 10.4. The number of aliphatic hydroxyl groups is 1. The predicted octanol–water partition coefficient (Wildman–Crippen LogP) is 0.957. The topological polar surface area (TPSA) is 42.0 Å². The SMILES string of the molecule is OCc1ccc(OCC2CO2)cc1. The smallest absolute Gasteiger partial charge is 0.119 e. The van der Waals surface area contributed by atoms with Crippen LogP contribution in [0.4, 0.5) is 0 Å². The fraction of sp³-hybridized carbons (Fsp3) is 0.400. The van der Waals surface area contributed by atoms with Crippen molar-refractivity contribution in [3.05, 3.63) is 29.8 Å². The lowest BCUT2D eigenvalue weighted by molar-refractivity contribution is 0.262. The quantitative estimate of drug-likeness (QED) is 0.701. The van der Waals surface area contributed by atoms with Gasteiger partial charge in [0.2, 0.25) is 0 Å². The van der Waals surface area contributed by atoms with Crippen molar-refractivity contribution in [3.63, 3.8) is 0 Å². The standard InChI is InChI=1S/C10H12O3/c11-5-8-1-3-9(4-2-8)12-6-10-7-13-10/h1-4,10-11H,5-7H2. The van der Waals surface area contributed by atoms with Crippen LogP contribution in [0.15, 0.2) is 24.3 Å². The summed E-state index contributed by atoms with van der Waals surface area (Å²) in [5.74, 6) is 0.827. The monoisotopic (exact) mass is 180 g/mol. The van der Waals surface area contributed by atoms with Crippen LogP contribution in [0.5, 0.6) is 5.75 Å². The molecule has 0 spiro atoms. The molecule has 0 aromatic heterocycles. The Morgan fingerprint density at radius 2 is 2.08 bits per heavy atom. The molecule has 3 heteroatoms. The van der Waals surface area contributed by atoms with Gasteiger partial charge in [0, 0.05) is 0 Å². The van der Waals surface area contributed by atoms with Crippen LogP contribution in [0.1, 0.15) is 5.56 Å². The van der Waals surface area contributed by atoms with Crippen molar-refractivity contribution in [1.29, 1.82) is 0 Å². The van der Waals surface area contributed by atoms with Crippen molar-refractivity contribution >= 4 is 0 Å². The second kappa shape index (κ2) is 3.77. The first kappa shape index (κ1) is 8.53. The van der Waals surface area contributed by atoms with Crippen LogP contribution in [0.3, 0.4) is 0 Å². The average molecular weight is 180 g/mol. The highest BCUT2D eigenvalue weighted by atomic mass is 16.6. The van der Waals surface area contributed by atoms with Gasteiger partial charge in [-0.1, -0.05) is 12.1 Å². The molecule has 1 N–H and O–H groups in total. The Labute approximate surface area is 76.9 Å². The van der Waals surface area contributed by atoms with Crippen LogP contribution in [0, 0.1) is 0 Å². The zero-order chi connectivity index (χ0) is 9.10. The Hall–Kier alpha value is -1.06. The first-order valence-corrected chi connectivity index (χ1v) is 4.32. The fourth-order valence-corrected chi connectivity index (χ4v) is 1.04. The van der Waals surface area contributed by atoms with Crippen molar-refractivity contribution in [3.8, 4) is 5.75 Å². The minimum atomic E-state index is 0.0754. The van der Waals surface area contributed by atoms with Gasteiger partial charge in [0.15, 0.2) is 0 Å². The summed E-state index contributed by atoms with van der Waals surface area (Å²) in [6, 6.07) is 7.41. The van der Waals surface area contributed by atoms with E-state index in [1.807, 2.05) is 24.3 Å². The van der Waals surface area contributed by atoms with Crippen LogP contribution in [0.2, 0.25) is 0 Å². The third-order valence-electron chi connectivity index (χ3n) is 1.94. The van der Waals surface area contributed by atoms with Gasteiger partial charge in [0.25, 0.3) is 0 Å². The Bertz CT molecular complexity index is 264. The van der Waals surface area contributed by atoms with Crippen molar-refractivity contribution in [1.82, 2.24) is 0 Å². The normalized spacial score (nSPS) is 19.9. The fourth-order valence-electron chi connectivity index (χ4n) is 1.04. The molecule has 1 aliphatic rings. The summed E-state index contributed by atoms with van der Waals surface area (Å²) in [5, 5.41) is 8.80. The first-order chi connectivity index (χ1) is 6.38. The molecule has 3 nitrogen and oxygen atoms in total.